The number of hydrogen-bond acceptors (Lipinski definition) is 5. The van der Waals surface area contributed by atoms with Crippen LogP contribution < -0.4 is 10.5 Å². The van der Waals surface area contributed by atoms with E-state index in [-0.39, 0.29) is 0 Å². The molecule has 3 heterocycles. The smallest absolute Gasteiger partial charge is 0.207 e. The molecule has 7 nitrogen and oxygen atoms in total. The topological polar surface area (TPSA) is 82.9 Å². The number of anilines is 1. The van der Waals surface area contributed by atoms with Gasteiger partial charge in [0.1, 0.15) is 6.07 Å². The number of fused-ring (bicyclic) bond motifs is 3. The predicted molar refractivity (Wildman–Crippen MR) is 146 cm³/mol. The summed E-state index contributed by atoms with van der Waals surface area (Å²) in [6.07, 6.45) is 1.83. The molecule has 7 heteroatoms. The molecule has 0 saturated carbocycles. The van der Waals surface area contributed by atoms with Crippen molar-refractivity contribution in [2.24, 2.45) is 7.05 Å². The van der Waals surface area contributed by atoms with Crippen LogP contribution in [0.5, 0.6) is 0 Å². The van der Waals surface area contributed by atoms with Gasteiger partial charge in [0.2, 0.25) is 5.62 Å². The lowest BCUT2D eigenvalue weighted by atomic mass is 10.0. The molecule has 3 aromatic carbocycles. The van der Waals surface area contributed by atoms with Crippen LogP contribution in [0.4, 0.5) is 5.69 Å². The van der Waals surface area contributed by atoms with Crippen molar-refractivity contribution in [1.82, 2.24) is 14.1 Å². The zero-order chi connectivity index (χ0) is 25.7. The summed E-state index contributed by atoms with van der Waals surface area (Å²) in [6, 6.07) is 21.2. The maximum absolute atomic E-state index is 10.1. The Labute approximate surface area is 215 Å². The average Bonchev–Trinajstić information content (AvgIpc) is 3.19. The van der Waals surface area contributed by atoms with Gasteiger partial charge in [-0.05, 0) is 54.8 Å². The number of aromatic nitrogens is 3. The van der Waals surface area contributed by atoms with Crippen molar-refractivity contribution in [1.29, 1.82) is 10.7 Å². The number of ether oxygens (including phenoxy) is 1. The SMILES string of the molecule is Cc1ccc(-c2ccc3ncc4c(c3c2)n(-c2cc(C#N)c(N3CCOCC3)cc2C)c(=N)n4C)cc1. The molecule has 37 heavy (non-hydrogen) atoms. The number of imidazole rings is 1. The first-order valence-electron chi connectivity index (χ1n) is 12.5. The highest BCUT2D eigenvalue weighted by molar-refractivity contribution is 6.04. The number of nitrogens with one attached hydrogen (secondary N) is 1. The van der Waals surface area contributed by atoms with Crippen molar-refractivity contribution >= 4 is 27.6 Å². The molecule has 0 spiro atoms. The first-order valence-corrected chi connectivity index (χ1v) is 12.5. The highest BCUT2D eigenvalue weighted by Gasteiger charge is 2.21. The second kappa shape index (κ2) is 8.91. The lowest BCUT2D eigenvalue weighted by molar-refractivity contribution is 0.122. The lowest BCUT2D eigenvalue weighted by Crippen LogP contribution is -2.36. The Hall–Kier alpha value is -4.41. The zero-order valence-electron chi connectivity index (χ0n) is 21.2. The maximum Gasteiger partial charge on any atom is 0.207 e. The molecule has 0 aliphatic carbocycles. The predicted octanol–water partition coefficient (Wildman–Crippen LogP) is 4.99. The van der Waals surface area contributed by atoms with Crippen LogP contribution in [-0.2, 0) is 11.8 Å². The molecule has 184 valence electrons. The molecule has 0 unspecified atom stereocenters. The van der Waals surface area contributed by atoms with Gasteiger partial charge in [0, 0.05) is 25.5 Å². The van der Waals surface area contributed by atoms with Gasteiger partial charge in [-0.15, -0.1) is 0 Å². The van der Waals surface area contributed by atoms with E-state index in [4.69, 9.17) is 15.1 Å². The fraction of sp³-hybridized carbons (Fsp3) is 0.233. The second-order valence-corrected chi connectivity index (χ2v) is 9.68. The van der Waals surface area contributed by atoms with Crippen LogP contribution in [0.25, 0.3) is 38.8 Å². The van der Waals surface area contributed by atoms with E-state index in [1.807, 2.05) is 41.4 Å². The molecule has 0 amide bonds. The third-order valence-corrected chi connectivity index (χ3v) is 7.35. The van der Waals surface area contributed by atoms with Crippen LogP contribution in [0.3, 0.4) is 0 Å². The highest BCUT2D eigenvalue weighted by atomic mass is 16.5. The van der Waals surface area contributed by atoms with Gasteiger partial charge in [-0.25, -0.2) is 0 Å². The number of pyridine rings is 1. The zero-order valence-corrected chi connectivity index (χ0v) is 21.2. The van der Waals surface area contributed by atoms with E-state index in [9.17, 15) is 5.26 Å². The van der Waals surface area contributed by atoms with Gasteiger partial charge in [-0.3, -0.25) is 15.0 Å². The fourth-order valence-corrected chi connectivity index (χ4v) is 5.26. The Kier molecular flexibility index (Phi) is 5.54. The quantitative estimate of drug-likeness (QED) is 0.388. The summed E-state index contributed by atoms with van der Waals surface area (Å²) >= 11 is 0. The monoisotopic (exact) mass is 488 g/mol. The minimum absolute atomic E-state index is 0.330. The summed E-state index contributed by atoms with van der Waals surface area (Å²) in [4.78, 5) is 6.92. The van der Waals surface area contributed by atoms with Gasteiger partial charge < -0.3 is 14.2 Å². The van der Waals surface area contributed by atoms with Crippen molar-refractivity contribution in [3.05, 3.63) is 83.1 Å². The van der Waals surface area contributed by atoms with E-state index in [1.165, 1.54) is 5.56 Å². The van der Waals surface area contributed by atoms with Gasteiger partial charge in [-0.1, -0.05) is 35.9 Å². The van der Waals surface area contributed by atoms with Crippen LogP contribution in [0.2, 0.25) is 0 Å². The van der Waals surface area contributed by atoms with E-state index in [0.717, 1.165) is 63.1 Å². The summed E-state index contributed by atoms with van der Waals surface area (Å²) in [5, 5.41) is 20.1. The van der Waals surface area contributed by atoms with Gasteiger partial charge in [0.25, 0.3) is 0 Å². The van der Waals surface area contributed by atoms with Crippen molar-refractivity contribution in [2.45, 2.75) is 13.8 Å². The van der Waals surface area contributed by atoms with Gasteiger partial charge in [0.05, 0.1) is 52.9 Å². The molecule has 0 atom stereocenters. The molecule has 1 saturated heterocycles. The molecule has 0 bridgehead atoms. The number of nitrogens with zero attached hydrogens (tertiary/aromatic N) is 5. The minimum atomic E-state index is 0.330. The van der Waals surface area contributed by atoms with Crippen LogP contribution in [0.1, 0.15) is 16.7 Å². The fourth-order valence-electron chi connectivity index (χ4n) is 5.26. The molecule has 1 fully saturated rings. The number of aryl methyl sites for hydroxylation is 3. The van der Waals surface area contributed by atoms with E-state index < -0.39 is 0 Å². The van der Waals surface area contributed by atoms with Crippen LogP contribution in [0.15, 0.2) is 60.8 Å². The standard InChI is InChI=1S/C30H28N6O/c1-19-4-6-21(7-5-19)22-8-9-25-24(15-22)29-28(18-33-25)34(3)30(32)36(29)26-16-23(17-31)27(14-20(26)2)35-10-12-37-13-11-35/h4-9,14-16,18,32H,10-13H2,1-3H3. The number of hydrogen-bond donors (Lipinski definition) is 1. The lowest BCUT2D eigenvalue weighted by Gasteiger charge is -2.30. The Bertz CT molecular complexity index is 1770. The molecule has 0 radical (unpaired) electrons. The number of benzene rings is 3. The Morgan fingerprint density at radius 1 is 0.946 bits per heavy atom. The first kappa shape index (κ1) is 23.0. The minimum Gasteiger partial charge on any atom is -0.378 e. The third-order valence-electron chi connectivity index (χ3n) is 7.35. The van der Waals surface area contributed by atoms with E-state index >= 15 is 0 Å². The Balaban J connectivity index is 1.61. The Morgan fingerprint density at radius 2 is 1.68 bits per heavy atom. The van der Waals surface area contributed by atoms with Crippen LogP contribution >= 0.6 is 0 Å². The summed E-state index contributed by atoms with van der Waals surface area (Å²) in [5.41, 5.74) is 9.80. The molecule has 6 rings (SSSR count). The average molecular weight is 489 g/mol. The van der Waals surface area contributed by atoms with E-state index in [2.05, 4.69) is 60.4 Å². The maximum atomic E-state index is 10.1. The van der Waals surface area contributed by atoms with Crippen LogP contribution in [0, 0.1) is 30.6 Å². The molecular weight excluding hydrogens is 460 g/mol. The van der Waals surface area contributed by atoms with Gasteiger partial charge in [-0.2, -0.15) is 5.26 Å². The summed E-state index contributed by atoms with van der Waals surface area (Å²) in [5.74, 6) is 0. The highest BCUT2D eigenvalue weighted by Crippen LogP contribution is 2.33. The van der Waals surface area contributed by atoms with Crippen LogP contribution in [-0.4, -0.2) is 40.4 Å². The van der Waals surface area contributed by atoms with Crippen molar-refractivity contribution < 1.29 is 4.74 Å². The normalized spacial score (nSPS) is 13.8. The molecule has 1 aliphatic rings. The second-order valence-electron chi connectivity index (χ2n) is 9.68. The molecule has 2 aromatic heterocycles. The Morgan fingerprint density at radius 3 is 2.41 bits per heavy atom. The van der Waals surface area contributed by atoms with Gasteiger partial charge >= 0.3 is 0 Å². The van der Waals surface area contributed by atoms with Crippen molar-refractivity contribution in [2.75, 3.05) is 31.2 Å². The van der Waals surface area contributed by atoms with Crippen molar-refractivity contribution in [3.63, 3.8) is 0 Å². The summed E-state index contributed by atoms with van der Waals surface area (Å²) in [7, 11) is 1.89. The number of morpholine rings is 1. The summed E-state index contributed by atoms with van der Waals surface area (Å²) < 4.78 is 9.32. The molecular formula is C30H28N6O. The third kappa shape index (κ3) is 3.78. The molecule has 1 aliphatic heterocycles. The number of nitriles is 1. The summed E-state index contributed by atoms with van der Waals surface area (Å²) in [6.45, 7) is 6.97. The van der Waals surface area contributed by atoms with E-state index in [1.54, 1.807) is 0 Å². The molecule has 5 aromatic rings. The first-order chi connectivity index (χ1) is 18.0. The number of rotatable bonds is 3. The largest absolute Gasteiger partial charge is 0.378 e. The van der Waals surface area contributed by atoms with Crippen molar-refractivity contribution in [3.8, 4) is 22.9 Å². The van der Waals surface area contributed by atoms with Gasteiger partial charge in [0.15, 0.2) is 0 Å². The van der Waals surface area contributed by atoms with E-state index in [0.29, 0.717) is 24.4 Å². The molecule has 1 N–H and O–H groups in total.